The van der Waals surface area contributed by atoms with Crippen LogP contribution in [0.1, 0.15) is 37.0 Å². The molecular formula is C27H27BrN4O3. The molecular weight excluding hydrogens is 508 g/mol. The van der Waals surface area contributed by atoms with Gasteiger partial charge in [-0.05, 0) is 61.4 Å². The Morgan fingerprint density at radius 2 is 1.54 bits per heavy atom. The third-order valence-corrected chi connectivity index (χ3v) is 6.39. The smallest absolute Gasteiger partial charge is 0.269 e. The van der Waals surface area contributed by atoms with E-state index in [1.807, 2.05) is 37.3 Å². The summed E-state index contributed by atoms with van der Waals surface area (Å²) in [6.07, 6.45) is 0.292. The zero-order chi connectivity index (χ0) is 24.9. The van der Waals surface area contributed by atoms with Crippen LogP contribution in [0.5, 0.6) is 0 Å². The lowest BCUT2D eigenvalue weighted by Gasteiger charge is -2.13. The van der Waals surface area contributed by atoms with Crippen LogP contribution in [0.25, 0.3) is 21.8 Å². The second kappa shape index (κ2) is 10.7. The Bertz CT molecular complexity index is 1400. The molecule has 1 heterocycles. The van der Waals surface area contributed by atoms with Gasteiger partial charge in [-0.25, -0.2) is 0 Å². The third-order valence-electron chi connectivity index (χ3n) is 5.86. The van der Waals surface area contributed by atoms with Gasteiger partial charge in [-0.15, -0.1) is 0 Å². The van der Waals surface area contributed by atoms with Crippen LogP contribution in [0.4, 0.5) is 5.69 Å². The van der Waals surface area contributed by atoms with Gasteiger partial charge in [0.15, 0.2) is 0 Å². The van der Waals surface area contributed by atoms with Crippen LogP contribution in [-0.2, 0) is 16.1 Å². The Morgan fingerprint density at radius 3 is 2.29 bits per heavy atom. The van der Waals surface area contributed by atoms with Gasteiger partial charge in [0.1, 0.15) is 0 Å². The number of hydrazine groups is 1. The minimum absolute atomic E-state index is 0.108. The molecule has 0 aliphatic heterocycles. The zero-order valence-electron chi connectivity index (χ0n) is 19.6. The monoisotopic (exact) mass is 534 g/mol. The second-order valence-corrected chi connectivity index (χ2v) is 9.48. The topological polar surface area (TPSA) is 92.2 Å². The number of fused-ring (bicyclic) bond motifs is 3. The number of halogens is 1. The number of hydrogen-bond acceptors (Lipinski definition) is 3. The first-order chi connectivity index (χ1) is 16.9. The van der Waals surface area contributed by atoms with E-state index in [9.17, 15) is 14.4 Å². The number of hydrogen-bond donors (Lipinski definition) is 3. The first-order valence-corrected chi connectivity index (χ1v) is 12.3. The molecule has 3 N–H and O–H groups in total. The van der Waals surface area contributed by atoms with E-state index in [2.05, 4.69) is 55.7 Å². The highest BCUT2D eigenvalue weighted by Gasteiger charge is 2.16. The van der Waals surface area contributed by atoms with Crippen molar-refractivity contribution in [1.82, 2.24) is 15.4 Å². The number of rotatable bonds is 7. The van der Waals surface area contributed by atoms with Gasteiger partial charge in [0, 0.05) is 56.9 Å². The fraction of sp³-hybridized carbons (Fsp3) is 0.222. The van der Waals surface area contributed by atoms with Gasteiger partial charge in [-0.2, -0.15) is 0 Å². The molecule has 3 aromatic carbocycles. The van der Waals surface area contributed by atoms with Gasteiger partial charge in [-0.3, -0.25) is 25.2 Å². The average molecular weight is 535 g/mol. The number of benzene rings is 3. The second-order valence-electron chi connectivity index (χ2n) is 8.56. The van der Waals surface area contributed by atoms with Crippen molar-refractivity contribution >= 4 is 61.1 Å². The van der Waals surface area contributed by atoms with E-state index in [1.54, 1.807) is 24.3 Å². The molecule has 0 unspecified atom stereocenters. The average Bonchev–Trinajstić information content (AvgIpc) is 3.15. The maximum Gasteiger partial charge on any atom is 0.269 e. The molecule has 8 heteroatoms. The van der Waals surface area contributed by atoms with Gasteiger partial charge < -0.3 is 9.88 Å². The van der Waals surface area contributed by atoms with Crippen molar-refractivity contribution in [2.45, 2.75) is 33.2 Å². The van der Waals surface area contributed by atoms with Crippen LogP contribution < -0.4 is 16.2 Å². The van der Waals surface area contributed by atoms with E-state index in [-0.39, 0.29) is 30.6 Å². The number of para-hydroxylation sites is 1. The fourth-order valence-electron chi connectivity index (χ4n) is 4.24. The van der Waals surface area contributed by atoms with E-state index in [0.717, 1.165) is 33.0 Å². The molecule has 3 amide bonds. The minimum Gasteiger partial charge on any atom is -0.341 e. The van der Waals surface area contributed by atoms with Crippen LogP contribution in [-0.4, -0.2) is 22.3 Å². The number of carbonyl (C=O) groups excluding carboxylic acids is 3. The number of carbonyl (C=O) groups is 3. The predicted molar refractivity (Wildman–Crippen MR) is 142 cm³/mol. The summed E-state index contributed by atoms with van der Waals surface area (Å²) in [7, 11) is 0. The summed E-state index contributed by atoms with van der Waals surface area (Å²) in [5.41, 5.74) is 8.26. The summed E-state index contributed by atoms with van der Waals surface area (Å²) in [5, 5.41) is 5.19. The Labute approximate surface area is 212 Å². The predicted octanol–water partition coefficient (Wildman–Crippen LogP) is 5.39. The summed E-state index contributed by atoms with van der Waals surface area (Å²) in [4.78, 5) is 37.0. The standard InChI is InChI=1S/C27H27BrN4O3/c1-3-32-23-7-5-4-6-21(23)22-16-20(12-13-24(22)32)29-25(33)14-17(2)15-26(34)30-31-27(35)18-8-10-19(28)11-9-18/h4-13,16-17H,3,14-15H2,1-2H3,(H,29,33)(H,30,34)(H,31,35)/t17-/m0/s1. The Kier molecular flexibility index (Phi) is 7.51. The molecule has 4 rings (SSSR count). The summed E-state index contributed by atoms with van der Waals surface area (Å²) < 4.78 is 3.12. The summed E-state index contributed by atoms with van der Waals surface area (Å²) >= 11 is 3.31. The molecule has 0 aliphatic rings. The number of aromatic nitrogens is 1. The summed E-state index contributed by atoms with van der Waals surface area (Å²) in [6, 6.07) is 21.0. The first-order valence-electron chi connectivity index (χ1n) is 11.5. The highest BCUT2D eigenvalue weighted by molar-refractivity contribution is 9.10. The van der Waals surface area contributed by atoms with E-state index in [1.165, 1.54) is 5.52 Å². The molecule has 7 nitrogen and oxygen atoms in total. The van der Waals surface area contributed by atoms with E-state index in [4.69, 9.17) is 0 Å². The molecule has 0 saturated carbocycles. The lowest BCUT2D eigenvalue weighted by atomic mass is 10.0. The summed E-state index contributed by atoms with van der Waals surface area (Å²) in [5.74, 6) is -1.13. The third kappa shape index (κ3) is 5.71. The van der Waals surface area contributed by atoms with Crippen molar-refractivity contribution in [3.8, 4) is 0 Å². The normalized spacial score (nSPS) is 11.9. The molecule has 0 radical (unpaired) electrons. The van der Waals surface area contributed by atoms with E-state index in [0.29, 0.717) is 5.56 Å². The van der Waals surface area contributed by atoms with Crippen LogP contribution in [0.15, 0.2) is 71.2 Å². The quantitative estimate of drug-likeness (QED) is 0.277. The van der Waals surface area contributed by atoms with Crippen molar-refractivity contribution in [2.75, 3.05) is 5.32 Å². The summed E-state index contributed by atoms with van der Waals surface area (Å²) in [6.45, 7) is 4.80. The van der Waals surface area contributed by atoms with Crippen LogP contribution in [0, 0.1) is 5.92 Å². The molecule has 35 heavy (non-hydrogen) atoms. The Balaban J connectivity index is 1.31. The lowest BCUT2D eigenvalue weighted by Crippen LogP contribution is -2.42. The van der Waals surface area contributed by atoms with E-state index >= 15 is 0 Å². The maximum absolute atomic E-state index is 12.6. The molecule has 0 saturated heterocycles. The zero-order valence-corrected chi connectivity index (χ0v) is 21.2. The molecule has 0 aliphatic carbocycles. The lowest BCUT2D eigenvalue weighted by molar-refractivity contribution is -0.123. The number of nitrogens with zero attached hydrogens (tertiary/aromatic N) is 1. The number of aryl methyl sites for hydroxylation is 1. The van der Waals surface area contributed by atoms with Crippen molar-refractivity contribution in [3.05, 3.63) is 76.8 Å². The van der Waals surface area contributed by atoms with Crippen molar-refractivity contribution in [3.63, 3.8) is 0 Å². The SMILES string of the molecule is CCn1c2ccccc2c2cc(NC(=O)C[C@H](C)CC(=O)NNC(=O)c3ccc(Br)cc3)ccc21. The highest BCUT2D eigenvalue weighted by Crippen LogP contribution is 2.31. The molecule has 1 atom stereocenters. The molecule has 180 valence electrons. The number of amides is 3. The first kappa shape index (κ1) is 24.5. The minimum atomic E-state index is -0.406. The van der Waals surface area contributed by atoms with Crippen LogP contribution >= 0.6 is 15.9 Å². The fourth-order valence-corrected chi connectivity index (χ4v) is 4.50. The van der Waals surface area contributed by atoms with Crippen LogP contribution in [0.2, 0.25) is 0 Å². The van der Waals surface area contributed by atoms with Crippen molar-refractivity contribution in [2.24, 2.45) is 5.92 Å². The van der Waals surface area contributed by atoms with Crippen molar-refractivity contribution < 1.29 is 14.4 Å². The van der Waals surface area contributed by atoms with E-state index < -0.39 is 5.91 Å². The molecule has 0 fully saturated rings. The largest absolute Gasteiger partial charge is 0.341 e. The van der Waals surface area contributed by atoms with Gasteiger partial charge in [0.2, 0.25) is 11.8 Å². The molecule has 1 aromatic heterocycles. The Hall–Kier alpha value is -3.65. The van der Waals surface area contributed by atoms with Crippen LogP contribution in [0.3, 0.4) is 0 Å². The number of nitrogens with one attached hydrogen (secondary N) is 3. The van der Waals surface area contributed by atoms with Gasteiger partial charge in [0.25, 0.3) is 5.91 Å². The molecule has 0 spiro atoms. The number of anilines is 1. The molecule has 4 aromatic rings. The molecule has 0 bridgehead atoms. The highest BCUT2D eigenvalue weighted by atomic mass is 79.9. The maximum atomic E-state index is 12.6. The van der Waals surface area contributed by atoms with Crippen molar-refractivity contribution in [1.29, 1.82) is 0 Å². The van der Waals surface area contributed by atoms with Gasteiger partial charge in [-0.1, -0.05) is 41.1 Å². The Morgan fingerprint density at radius 1 is 0.857 bits per heavy atom. The van der Waals surface area contributed by atoms with Gasteiger partial charge in [0.05, 0.1) is 0 Å². The van der Waals surface area contributed by atoms with Gasteiger partial charge >= 0.3 is 0 Å².